The van der Waals surface area contributed by atoms with Gasteiger partial charge in [0.15, 0.2) is 6.61 Å². The molecule has 0 aromatic heterocycles. The monoisotopic (exact) mass is 315 g/mol. The summed E-state index contributed by atoms with van der Waals surface area (Å²) in [4.78, 5) is 23.1. The molecule has 1 aromatic rings. The van der Waals surface area contributed by atoms with Crippen LogP contribution in [0, 0.1) is 11.7 Å². The number of hydrogen-bond acceptors (Lipinski definition) is 3. The van der Waals surface area contributed by atoms with E-state index in [2.05, 4.69) is 5.32 Å². The van der Waals surface area contributed by atoms with E-state index >= 15 is 0 Å². The van der Waals surface area contributed by atoms with Gasteiger partial charge in [0.25, 0.3) is 5.91 Å². The zero-order valence-electron chi connectivity index (χ0n) is 11.4. The van der Waals surface area contributed by atoms with Crippen LogP contribution in [0.1, 0.15) is 19.8 Å². The molecule has 2 N–H and O–H groups in total. The van der Waals surface area contributed by atoms with E-state index in [4.69, 9.17) is 16.3 Å². The molecule has 21 heavy (non-hydrogen) atoms. The maximum atomic E-state index is 12.9. The lowest BCUT2D eigenvalue weighted by Crippen LogP contribution is -2.55. The quantitative estimate of drug-likeness (QED) is 0.844. The van der Waals surface area contributed by atoms with Crippen LogP contribution in [0.5, 0.6) is 5.75 Å². The largest absolute Gasteiger partial charge is 0.482 e. The number of amides is 1. The van der Waals surface area contributed by atoms with Gasteiger partial charge in [-0.1, -0.05) is 11.6 Å². The van der Waals surface area contributed by atoms with Crippen LogP contribution in [0.15, 0.2) is 18.2 Å². The number of carbonyl (C=O) groups is 2. The van der Waals surface area contributed by atoms with Gasteiger partial charge < -0.3 is 15.2 Å². The first-order chi connectivity index (χ1) is 9.83. The second kappa shape index (κ2) is 5.89. The summed E-state index contributed by atoms with van der Waals surface area (Å²) in [6, 6.07) is 3.53. The first-order valence-corrected chi connectivity index (χ1v) is 6.83. The van der Waals surface area contributed by atoms with E-state index < -0.39 is 23.2 Å². The molecule has 1 aromatic carbocycles. The van der Waals surface area contributed by atoms with Gasteiger partial charge in [-0.05, 0) is 43.9 Å². The third-order valence-corrected chi connectivity index (χ3v) is 3.79. The number of carboxylic acid groups (broad SMARTS) is 1. The molecular formula is C14H15ClFNO4. The number of ether oxygens (including phenoxy) is 1. The Morgan fingerprint density at radius 2 is 2.19 bits per heavy atom. The Bertz CT molecular complexity index is 576. The second-order valence-corrected chi connectivity index (χ2v) is 5.60. The van der Waals surface area contributed by atoms with E-state index in [1.165, 1.54) is 13.0 Å². The lowest BCUT2D eigenvalue weighted by atomic mass is 9.96. The highest BCUT2D eigenvalue weighted by Crippen LogP contribution is 2.39. The molecule has 0 bridgehead atoms. The maximum absolute atomic E-state index is 12.9. The highest BCUT2D eigenvalue weighted by Gasteiger charge is 2.48. The topological polar surface area (TPSA) is 75.6 Å². The first-order valence-electron chi connectivity index (χ1n) is 6.45. The van der Waals surface area contributed by atoms with Crippen LogP contribution in [0.3, 0.4) is 0 Å². The lowest BCUT2D eigenvalue weighted by Gasteiger charge is -2.26. The van der Waals surface area contributed by atoms with E-state index in [1.807, 2.05) is 0 Å². The molecular weight excluding hydrogens is 301 g/mol. The number of carbonyl (C=O) groups excluding carboxylic acids is 1. The first kappa shape index (κ1) is 15.6. The zero-order valence-corrected chi connectivity index (χ0v) is 12.1. The van der Waals surface area contributed by atoms with Crippen molar-refractivity contribution in [3.63, 3.8) is 0 Å². The van der Waals surface area contributed by atoms with Crippen LogP contribution in [-0.2, 0) is 9.59 Å². The number of carboxylic acids is 1. The molecule has 7 heteroatoms. The average Bonchev–Trinajstić information content (AvgIpc) is 3.21. The minimum absolute atomic E-state index is 0.0472. The molecule has 5 nitrogen and oxygen atoms in total. The molecule has 1 aliphatic rings. The molecule has 1 unspecified atom stereocenters. The molecule has 0 saturated heterocycles. The van der Waals surface area contributed by atoms with Crippen molar-refractivity contribution in [2.24, 2.45) is 5.92 Å². The Hall–Kier alpha value is -1.82. The van der Waals surface area contributed by atoms with Gasteiger partial charge in [-0.15, -0.1) is 0 Å². The molecule has 0 radical (unpaired) electrons. The van der Waals surface area contributed by atoms with Crippen molar-refractivity contribution in [2.75, 3.05) is 6.61 Å². The van der Waals surface area contributed by atoms with Crippen LogP contribution in [0.25, 0.3) is 0 Å². The molecule has 1 aliphatic carbocycles. The molecule has 1 fully saturated rings. The molecule has 114 valence electrons. The van der Waals surface area contributed by atoms with Gasteiger partial charge in [0.05, 0.1) is 5.02 Å². The van der Waals surface area contributed by atoms with E-state index in [0.717, 1.165) is 25.0 Å². The molecule has 0 heterocycles. The Labute approximate surface area is 126 Å². The Morgan fingerprint density at radius 1 is 1.52 bits per heavy atom. The van der Waals surface area contributed by atoms with Crippen LogP contribution >= 0.6 is 11.6 Å². The van der Waals surface area contributed by atoms with Gasteiger partial charge in [-0.3, -0.25) is 4.79 Å². The van der Waals surface area contributed by atoms with E-state index in [1.54, 1.807) is 0 Å². The molecule has 0 spiro atoms. The van der Waals surface area contributed by atoms with Crippen LogP contribution < -0.4 is 10.1 Å². The number of halogens is 2. The summed E-state index contributed by atoms with van der Waals surface area (Å²) < 4.78 is 18.0. The minimum Gasteiger partial charge on any atom is -0.482 e. The summed E-state index contributed by atoms with van der Waals surface area (Å²) in [5.74, 6) is -2.04. The van der Waals surface area contributed by atoms with Crippen LogP contribution in [-0.4, -0.2) is 29.1 Å². The third kappa shape index (κ3) is 3.64. The third-order valence-electron chi connectivity index (χ3n) is 3.49. The summed E-state index contributed by atoms with van der Waals surface area (Å²) in [7, 11) is 0. The van der Waals surface area contributed by atoms with Gasteiger partial charge in [0.2, 0.25) is 0 Å². The van der Waals surface area contributed by atoms with Crippen molar-refractivity contribution in [2.45, 2.75) is 25.3 Å². The number of nitrogens with one attached hydrogen (secondary N) is 1. The fourth-order valence-corrected chi connectivity index (χ4v) is 2.27. The summed E-state index contributed by atoms with van der Waals surface area (Å²) in [6.07, 6.45) is 1.54. The number of rotatable bonds is 6. The molecule has 2 rings (SSSR count). The van der Waals surface area contributed by atoms with Gasteiger partial charge in [-0.25, -0.2) is 9.18 Å². The fourth-order valence-electron chi connectivity index (χ4n) is 2.05. The van der Waals surface area contributed by atoms with Crippen molar-refractivity contribution >= 4 is 23.5 Å². The Morgan fingerprint density at radius 3 is 2.71 bits per heavy atom. The summed E-state index contributed by atoms with van der Waals surface area (Å²) >= 11 is 5.77. The fraction of sp³-hybridized carbons (Fsp3) is 0.429. The van der Waals surface area contributed by atoms with Gasteiger partial charge in [-0.2, -0.15) is 0 Å². The van der Waals surface area contributed by atoms with Crippen molar-refractivity contribution in [3.8, 4) is 5.75 Å². The van der Waals surface area contributed by atoms with Crippen molar-refractivity contribution in [3.05, 3.63) is 29.0 Å². The van der Waals surface area contributed by atoms with Gasteiger partial charge in [0.1, 0.15) is 17.1 Å². The molecule has 0 aliphatic heterocycles. The van der Waals surface area contributed by atoms with Crippen LogP contribution in [0.2, 0.25) is 5.02 Å². The van der Waals surface area contributed by atoms with Crippen molar-refractivity contribution in [1.82, 2.24) is 5.32 Å². The normalized spacial score (nSPS) is 16.9. The predicted molar refractivity (Wildman–Crippen MR) is 73.8 cm³/mol. The molecule has 1 amide bonds. The predicted octanol–water partition coefficient (Wildman–Crippen LogP) is 2.23. The van der Waals surface area contributed by atoms with Gasteiger partial charge >= 0.3 is 5.97 Å². The van der Waals surface area contributed by atoms with Crippen molar-refractivity contribution in [1.29, 1.82) is 0 Å². The molecule has 1 saturated carbocycles. The van der Waals surface area contributed by atoms with Crippen LogP contribution in [0.4, 0.5) is 4.39 Å². The molecule has 1 atom stereocenters. The van der Waals surface area contributed by atoms with E-state index in [0.29, 0.717) is 0 Å². The maximum Gasteiger partial charge on any atom is 0.329 e. The van der Waals surface area contributed by atoms with E-state index in [-0.39, 0.29) is 23.3 Å². The van der Waals surface area contributed by atoms with Crippen molar-refractivity contribution < 1.29 is 23.8 Å². The number of benzene rings is 1. The second-order valence-electron chi connectivity index (χ2n) is 5.19. The summed E-state index contributed by atoms with van der Waals surface area (Å²) in [6.45, 7) is 1.09. The number of aliphatic carboxylic acids is 1. The Balaban J connectivity index is 1.94. The average molecular weight is 316 g/mol. The van der Waals surface area contributed by atoms with E-state index in [9.17, 15) is 19.1 Å². The zero-order chi connectivity index (χ0) is 15.6. The SMILES string of the molecule is CC(NC(=O)COc1ccc(F)cc1Cl)(C(=O)O)C1CC1. The minimum atomic E-state index is -1.28. The smallest absolute Gasteiger partial charge is 0.329 e. The van der Waals surface area contributed by atoms with Gasteiger partial charge in [0, 0.05) is 0 Å². The highest BCUT2D eigenvalue weighted by atomic mass is 35.5. The highest BCUT2D eigenvalue weighted by molar-refractivity contribution is 6.32. The number of hydrogen-bond donors (Lipinski definition) is 2. The summed E-state index contributed by atoms with van der Waals surface area (Å²) in [5.41, 5.74) is -1.28. The standard InChI is InChI=1S/C14H15ClFNO4/c1-14(13(19)20,8-2-3-8)17-12(18)7-21-11-5-4-9(16)6-10(11)15/h4-6,8H,2-3,7H2,1H3,(H,17,18)(H,19,20). The Kier molecular flexibility index (Phi) is 4.37. The lowest BCUT2D eigenvalue weighted by molar-refractivity contribution is -0.148. The summed E-state index contributed by atoms with van der Waals surface area (Å²) in [5, 5.41) is 11.8.